The number of rotatable bonds is 6. The molecule has 1 heterocycles. The highest BCUT2D eigenvalue weighted by Gasteiger charge is 2.05. The third kappa shape index (κ3) is 4.88. The van der Waals surface area contributed by atoms with Crippen molar-refractivity contribution in [3.05, 3.63) is 89.9 Å². The Morgan fingerprint density at radius 2 is 1.72 bits per heavy atom. The molecule has 2 N–H and O–H groups in total. The number of carbonyl (C=O) groups is 1. The maximum atomic E-state index is 13.6. The van der Waals surface area contributed by atoms with Gasteiger partial charge in [0.1, 0.15) is 11.6 Å². The summed E-state index contributed by atoms with van der Waals surface area (Å²) in [6.07, 6.45) is 1.91. The van der Waals surface area contributed by atoms with Gasteiger partial charge in [-0.25, -0.2) is 9.37 Å². The van der Waals surface area contributed by atoms with E-state index in [1.165, 1.54) is 6.07 Å². The predicted octanol–water partition coefficient (Wildman–Crippen LogP) is 4.01. The monoisotopic (exact) mass is 335 g/mol. The minimum atomic E-state index is -0.243. The lowest BCUT2D eigenvalue weighted by atomic mass is 10.1. The van der Waals surface area contributed by atoms with Crippen LogP contribution in [0.25, 0.3) is 0 Å². The van der Waals surface area contributed by atoms with Crippen LogP contribution in [0.1, 0.15) is 11.1 Å². The summed E-state index contributed by atoms with van der Waals surface area (Å²) in [7, 11) is 0. The molecule has 0 unspecified atom stereocenters. The van der Waals surface area contributed by atoms with Gasteiger partial charge in [0.15, 0.2) is 0 Å². The molecule has 1 aromatic heterocycles. The number of hydrogen-bond donors (Lipinski definition) is 2. The first-order valence-electron chi connectivity index (χ1n) is 7.98. The van der Waals surface area contributed by atoms with E-state index in [1.807, 2.05) is 30.3 Å². The van der Waals surface area contributed by atoms with Crippen LogP contribution in [0.4, 0.5) is 15.9 Å². The normalized spacial score (nSPS) is 10.3. The van der Waals surface area contributed by atoms with E-state index in [1.54, 1.807) is 36.5 Å². The molecule has 3 aromatic rings. The molecule has 2 aromatic carbocycles. The molecular formula is C20H18FN3O. The Morgan fingerprint density at radius 3 is 2.44 bits per heavy atom. The topological polar surface area (TPSA) is 54.0 Å². The van der Waals surface area contributed by atoms with Crippen molar-refractivity contribution < 1.29 is 9.18 Å². The van der Waals surface area contributed by atoms with Gasteiger partial charge in [-0.2, -0.15) is 0 Å². The highest BCUT2D eigenvalue weighted by Crippen LogP contribution is 2.13. The Hall–Kier alpha value is -3.21. The van der Waals surface area contributed by atoms with Crippen LogP contribution in [0, 0.1) is 5.82 Å². The van der Waals surface area contributed by atoms with Crippen LogP contribution >= 0.6 is 0 Å². The summed E-state index contributed by atoms with van der Waals surface area (Å²) >= 11 is 0. The van der Waals surface area contributed by atoms with Crippen molar-refractivity contribution in [2.75, 3.05) is 10.6 Å². The van der Waals surface area contributed by atoms with Crippen molar-refractivity contribution in [3.8, 4) is 0 Å². The maximum Gasteiger partial charge on any atom is 0.229 e. The van der Waals surface area contributed by atoms with Crippen molar-refractivity contribution in [1.29, 1.82) is 0 Å². The molecule has 3 rings (SSSR count). The fraction of sp³-hybridized carbons (Fsp3) is 0.100. The molecule has 1 amide bonds. The van der Waals surface area contributed by atoms with E-state index in [0.717, 1.165) is 11.3 Å². The van der Waals surface area contributed by atoms with Gasteiger partial charge in [-0.1, -0.05) is 48.5 Å². The number of hydrogen-bond acceptors (Lipinski definition) is 3. The van der Waals surface area contributed by atoms with Crippen molar-refractivity contribution in [1.82, 2.24) is 4.98 Å². The number of nitrogens with zero attached hydrogens (tertiary/aromatic N) is 1. The molecule has 5 heteroatoms. The number of nitrogens with one attached hydrogen (secondary N) is 2. The predicted molar refractivity (Wildman–Crippen MR) is 96.7 cm³/mol. The van der Waals surface area contributed by atoms with E-state index >= 15 is 0 Å². The van der Waals surface area contributed by atoms with Crippen LogP contribution < -0.4 is 10.6 Å². The molecule has 0 fully saturated rings. The molecule has 4 nitrogen and oxygen atoms in total. The van der Waals surface area contributed by atoms with Gasteiger partial charge in [-0.05, 0) is 23.8 Å². The Labute approximate surface area is 145 Å². The summed E-state index contributed by atoms with van der Waals surface area (Å²) in [6, 6.07) is 19.7. The van der Waals surface area contributed by atoms with E-state index in [0.29, 0.717) is 24.3 Å². The van der Waals surface area contributed by atoms with Crippen LogP contribution in [0.2, 0.25) is 0 Å². The quantitative estimate of drug-likeness (QED) is 0.715. The van der Waals surface area contributed by atoms with Crippen molar-refractivity contribution in [2.24, 2.45) is 0 Å². The van der Waals surface area contributed by atoms with Gasteiger partial charge < -0.3 is 10.6 Å². The number of benzene rings is 2. The SMILES string of the molecule is O=C(Cc1ccccc1)Nc1ccc(NCc2ccccc2F)cn1. The van der Waals surface area contributed by atoms with Gasteiger partial charge in [0.05, 0.1) is 18.3 Å². The fourth-order valence-electron chi connectivity index (χ4n) is 2.38. The molecule has 0 saturated heterocycles. The van der Waals surface area contributed by atoms with Crippen LogP contribution in [-0.4, -0.2) is 10.9 Å². The average molecular weight is 335 g/mol. The zero-order chi connectivity index (χ0) is 17.5. The molecule has 0 aliphatic heterocycles. The summed E-state index contributed by atoms with van der Waals surface area (Å²) in [5.74, 6) is 0.121. The molecule has 0 bridgehead atoms. The van der Waals surface area contributed by atoms with Crippen molar-refractivity contribution in [3.63, 3.8) is 0 Å². The number of anilines is 2. The van der Waals surface area contributed by atoms with Crippen LogP contribution in [0.3, 0.4) is 0 Å². The molecule has 0 saturated carbocycles. The molecule has 25 heavy (non-hydrogen) atoms. The summed E-state index contributed by atoms with van der Waals surface area (Å²) in [5, 5.41) is 5.87. The van der Waals surface area contributed by atoms with E-state index in [4.69, 9.17) is 0 Å². The number of aromatic nitrogens is 1. The van der Waals surface area contributed by atoms with Gasteiger partial charge in [0.25, 0.3) is 0 Å². The molecule has 0 atom stereocenters. The zero-order valence-corrected chi connectivity index (χ0v) is 13.6. The van der Waals surface area contributed by atoms with Crippen LogP contribution in [0.5, 0.6) is 0 Å². The standard InChI is InChI=1S/C20H18FN3O/c21-18-9-5-4-8-16(18)13-22-17-10-11-19(23-14-17)24-20(25)12-15-6-2-1-3-7-15/h1-11,14,22H,12-13H2,(H,23,24,25). The maximum absolute atomic E-state index is 13.6. The molecule has 126 valence electrons. The summed E-state index contributed by atoms with van der Waals surface area (Å²) < 4.78 is 13.6. The van der Waals surface area contributed by atoms with Crippen molar-refractivity contribution >= 4 is 17.4 Å². The Bertz CT molecular complexity index is 835. The first-order chi connectivity index (χ1) is 12.2. The number of halogens is 1. The fourth-order valence-corrected chi connectivity index (χ4v) is 2.38. The highest BCUT2D eigenvalue weighted by molar-refractivity contribution is 5.91. The third-order valence-corrected chi connectivity index (χ3v) is 3.68. The Kier molecular flexibility index (Phi) is 5.36. The largest absolute Gasteiger partial charge is 0.380 e. The first-order valence-corrected chi connectivity index (χ1v) is 7.98. The van der Waals surface area contributed by atoms with Gasteiger partial charge in [-0.15, -0.1) is 0 Å². The summed E-state index contributed by atoms with van der Waals surface area (Å²) in [4.78, 5) is 16.2. The van der Waals surface area contributed by atoms with Gasteiger partial charge in [0, 0.05) is 12.1 Å². The Morgan fingerprint density at radius 1 is 0.960 bits per heavy atom. The first kappa shape index (κ1) is 16.6. The summed E-state index contributed by atoms with van der Waals surface area (Å²) in [6.45, 7) is 0.369. The second-order valence-electron chi connectivity index (χ2n) is 5.59. The highest BCUT2D eigenvalue weighted by atomic mass is 19.1. The summed E-state index contributed by atoms with van der Waals surface area (Å²) in [5.41, 5.74) is 2.29. The zero-order valence-electron chi connectivity index (χ0n) is 13.6. The Balaban J connectivity index is 1.53. The average Bonchev–Trinajstić information content (AvgIpc) is 2.63. The van der Waals surface area contributed by atoms with Gasteiger partial charge in [-0.3, -0.25) is 4.79 Å². The molecule has 0 aliphatic carbocycles. The van der Waals surface area contributed by atoms with Crippen LogP contribution in [0.15, 0.2) is 72.9 Å². The van der Waals surface area contributed by atoms with E-state index in [9.17, 15) is 9.18 Å². The van der Waals surface area contributed by atoms with Crippen LogP contribution in [-0.2, 0) is 17.8 Å². The number of amides is 1. The third-order valence-electron chi connectivity index (χ3n) is 3.68. The number of pyridine rings is 1. The van der Waals surface area contributed by atoms with Crippen molar-refractivity contribution in [2.45, 2.75) is 13.0 Å². The van der Waals surface area contributed by atoms with Gasteiger partial charge >= 0.3 is 0 Å². The minimum absolute atomic E-state index is 0.120. The van der Waals surface area contributed by atoms with Gasteiger partial charge in [0.2, 0.25) is 5.91 Å². The van der Waals surface area contributed by atoms with E-state index in [2.05, 4.69) is 15.6 Å². The minimum Gasteiger partial charge on any atom is -0.380 e. The molecule has 0 radical (unpaired) electrons. The lowest BCUT2D eigenvalue weighted by Crippen LogP contribution is -2.15. The second-order valence-corrected chi connectivity index (χ2v) is 5.59. The van der Waals surface area contributed by atoms with E-state index in [-0.39, 0.29) is 11.7 Å². The lowest BCUT2D eigenvalue weighted by molar-refractivity contribution is -0.115. The number of carbonyl (C=O) groups excluding carboxylic acids is 1. The van der Waals surface area contributed by atoms with E-state index < -0.39 is 0 Å². The smallest absolute Gasteiger partial charge is 0.229 e. The second kappa shape index (κ2) is 8.06. The molecular weight excluding hydrogens is 317 g/mol. The molecule has 0 spiro atoms. The molecule has 0 aliphatic rings. The lowest BCUT2D eigenvalue weighted by Gasteiger charge is -2.09.